The Hall–Kier alpha value is -0.315. The lowest BCUT2D eigenvalue weighted by Gasteiger charge is -2.05. The van der Waals surface area contributed by atoms with Crippen LogP contribution in [0, 0.1) is 0 Å². The van der Waals surface area contributed by atoms with E-state index in [9.17, 15) is 0 Å². The van der Waals surface area contributed by atoms with E-state index >= 15 is 0 Å². The highest BCUT2D eigenvalue weighted by atomic mass is 16.4. The molecule has 0 radical (unpaired) electrons. The van der Waals surface area contributed by atoms with Crippen molar-refractivity contribution in [3.8, 4) is 0 Å². The van der Waals surface area contributed by atoms with Crippen LogP contribution in [0.5, 0.6) is 0 Å². The van der Waals surface area contributed by atoms with E-state index in [1.54, 1.807) is 6.08 Å². The maximum Gasteiger partial charge on any atom is 0.453 e. The molecule has 4 heteroatoms. The molecule has 0 spiro atoms. The summed E-state index contributed by atoms with van der Waals surface area (Å²) in [6.45, 7) is 3.46. The number of nitrogens with two attached hydrogens (primary N) is 1. The maximum absolute atomic E-state index is 8.39. The van der Waals surface area contributed by atoms with Gasteiger partial charge in [-0.15, -0.1) is 6.58 Å². The van der Waals surface area contributed by atoms with E-state index in [1.807, 2.05) is 0 Å². The zero-order chi connectivity index (χ0) is 7.28. The van der Waals surface area contributed by atoms with Crippen molar-refractivity contribution in [1.82, 2.24) is 0 Å². The SMILES string of the molecule is C=CCC(N)CB(O)O. The summed E-state index contributed by atoms with van der Waals surface area (Å²) >= 11 is 0. The lowest BCUT2D eigenvalue weighted by atomic mass is 9.81. The van der Waals surface area contributed by atoms with Gasteiger partial charge >= 0.3 is 7.12 Å². The van der Waals surface area contributed by atoms with Crippen molar-refractivity contribution >= 4 is 7.12 Å². The second kappa shape index (κ2) is 4.55. The van der Waals surface area contributed by atoms with Crippen LogP contribution in [0.3, 0.4) is 0 Å². The van der Waals surface area contributed by atoms with Gasteiger partial charge in [-0.2, -0.15) is 0 Å². The lowest BCUT2D eigenvalue weighted by molar-refractivity contribution is 0.398. The lowest BCUT2D eigenvalue weighted by Crippen LogP contribution is -2.26. The quantitative estimate of drug-likeness (QED) is 0.349. The van der Waals surface area contributed by atoms with Crippen LogP contribution < -0.4 is 5.73 Å². The molecule has 0 rings (SSSR count). The first kappa shape index (κ1) is 8.68. The van der Waals surface area contributed by atoms with Gasteiger partial charge in [0.25, 0.3) is 0 Å². The van der Waals surface area contributed by atoms with Gasteiger partial charge in [0.05, 0.1) is 0 Å². The molecule has 1 atom stereocenters. The molecule has 0 saturated heterocycles. The van der Waals surface area contributed by atoms with Crippen LogP contribution >= 0.6 is 0 Å². The highest BCUT2D eigenvalue weighted by molar-refractivity contribution is 6.41. The Morgan fingerprint density at radius 3 is 2.56 bits per heavy atom. The third-order valence-electron chi connectivity index (χ3n) is 0.983. The smallest absolute Gasteiger partial charge is 0.427 e. The van der Waals surface area contributed by atoms with Crippen molar-refractivity contribution in [2.24, 2.45) is 5.73 Å². The molecular weight excluding hydrogens is 117 g/mol. The van der Waals surface area contributed by atoms with Gasteiger partial charge in [-0.1, -0.05) is 6.08 Å². The average Bonchev–Trinajstić information content (AvgIpc) is 1.63. The standard InChI is InChI=1S/C5H12BNO2/c1-2-3-5(7)4-6(8)9/h2,5,8-9H,1,3-4,7H2. The Balaban J connectivity index is 3.25. The second-order valence-electron chi connectivity index (χ2n) is 2.00. The number of rotatable bonds is 4. The van der Waals surface area contributed by atoms with E-state index < -0.39 is 7.12 Å². The molecule has 0 amide bonds. The first-order chi connectivity index (χ1) is 4.16. The van der Waals surface area contributed by atoms with E-state index in [0.29, 0.717) is 6.42 Å². The molecule has 0 aliphatic heterocycles. The molecule has 0 fully saturated rings. The monoisotopic (exact) mass is 129 g/mol. The normalized spacial score (nSPS) is 12.8. The fourth-order valence-corrected chi connectivity index (χ4v) is 0.581. The fourth-order valence-electron chi connectivity index (χ4n) is 0.581. The molecule has 0 aromatic rings. The van der Waals surface area contributed by atoms with Gasteiger partial charge in [-0.25, -0.2) is 0 Å². The minimum absolute atomic E-state index is 0.178. The Labute approximate surface area is 55.3 Å². The van der Waals surface area contributed by atoms with Crippen LogP contribution in [0.1, 0.15) is 6.42 Å². The van der Waals surface area contributed by atoms with Gasteiger partial charge in [-0.3, -0.25) is 0 Å². The Morgan fingerprint density at radius 2 is 2.22 bits per heavy atom. The van der Waals surface area contributed by atoms with Crippen LogP contribution in [0.2, 0.25) is 6.32 Å². The highest BCUT2D eigenvalue weighted by Crippen LogP contribution is 1.96. The van der Waals surface area contributed by atoms with Crippen LogP contribution in [0.25, 0.3) is 0 Å². The summed E-state index contributed by atoms with van der Waals surface area (Å²) in [5.41, 5.74) is 5.39. The molecule has 0 saturated carbocycles. The van der Waals surface area contributed by atoms with Gasteiger partial charge in [0.2, 0.25) is 0 Å². The summed E-state index contributed by atoms with van der Waals surface area (Å²) in [4.78, 5) is 0. The van der Waals surface area contributed by atoms with Crippen molar-refractivity contribution in [2.75, 3.05) is 0 Å². The van der Waals surface area contributed by atoms with Gasteiger partial charge in [-0.05, 0) is 12.7 Å². The summed E-state index contributed by atoms with van der Waals surface area (Å²) in [5.74, 6) is 0. The first-order valence-corrected chi connectivity index (χ1v) is 2.89. The molecule has 0 bridgehead atoms. The summed E-state index contributed by atoms with van der Waals surface area (Å²) in [7, 11) is -1.29. The van der Waals surface area contributed by atoms with Crippen LogP contribution in [0.4, 0.5) is 0 Å². The van der Waals surface area contributed by atoms with Crippen molar-refractivity contribution in [2.45, 2.75) is 18.8 Å². The van der Waals surface area contributed by atoms with Crippen molar-refractivity contribution in [3.63, 3.8) is 0 Å². The molecule has 0 heterocycles. The first-order valence-electron chi connectivity index (χ1n) is 2.89. The molecule has 0 aromatic heterocycles. The van der Waals surface area contributed by atoms with Gasteiger partial charge in [0.1, 0.15) is 0 Å². The van der Waals surface area contributed by atoms with Crippen LogP contribution in [0.15, 0.2) is 12.7 Å². The summed E-state index contributed by atoms with van der Waals surface area (Å²) in [6.07, 6.45) is 2.50. The summed E-state index contributed by atoms with van der Waals surface area (Å²) in [5, 5.41) is 16.8. The Bertz CT molecular complexity index is 87.0. The minimum Gasteiger partial charge on any atom is -0.427 e. The summed E-state index contributed by atoms with van der Waals surface area (Å²) < 4.78 is 0. The van der Waals surface area contributed by atoms with Gasteiger partial charge < -0.3 is 15.8 Å². The van der Waals surface area contributed by atoms with Crippen molar-refractivity contribution < 1.29 is 10.0 Å². The van der Waals surface area contributed by atoms with E-state index in [4.69, 9.17) is 15.8 Å². The zero-order valence-electron chi connectivity index (χ0n) is 5.33. The van der Waals surface area contributed by atoms with Gasteiger partial charge in [0.15, 0.2) is 0 Å². The third-order valence-corrected chi connectivity index (χ3v) is 0.983. The average molecular weight is 129 g/mol. The fraction of sp³-hybridized carbons (Fsp3) is 0.600. The van der Waals surface area contributed by atoms with Crippen molar-refractivity contribution in [1.29, 1.82) is 0 Å². The number of hydrogen-bond donors (Lipinski definition) is 3. The molecule has 1 unspecified atom stereocenters. The van der Waals surface area contributed by atoms with E-state index in [2.05, 4.69) is 6.58 Å². The topological polar surface area (TPSA) is 66.5 Å². The molecule has 52 valence electrons. The largest absolute Gasteiger partial charge is 0.453 e. The predicted molar refractivity (Wildman–Crippen MR) is 37.8 cm³/mol. The Kier molecular flexibility index (Phi) is 4.39. The summed E-state index contributed by atoms with van der Waals surface area (Å²) in [6, 6.07) is -0.178. The molecular formula is C5H12BNO2. The Morgan fingerprint density at radius 1 is 1.67 bits per heavy atom. The zero-order valence-corrected chi connectivity index (χ0v) is 5.33. The van der Waals surface area contributed by atoms with E-state index in [1.165, 1.54) is 0 Å². The molecule has 0 aromatic carbocycles. The maximum atomic E-state index is 8.39. The van der Waals surface area contributed by atoms with Crippen LogP contribution in [-0.2, 0) is 0 Å². The van der Waals surface area contributed by atoms with E-state index in [0.717, 1.165) is 0 Å². The molecule has 0 aliphatic carbocycles. The molecule has 9 heavy (non-hydrogen) atoms. The predicted octanol–water partition coefficient (Wildman–Crippen LogP) is -0.637. The minimum atomic E-state index is -1.29. The van der Waals surface area contributed by atoms with Crippen molar-refractivity contribution in [3.05, 3.63) is 12.7 Å². The molecule has 3 nitrogen and oxygen atoms in total. The highest BCUT2D eigenvalue weighted by Gasteiger charge is 2.11. The number of hydrogen-bond acceptors (Lipinski definition) is 3. The molecule has 0 aliphatic rings. The van der Waals surface area contributed by atoms with Crippen LogP contribution in [-0.4, -0.2) is 23.2 Å². The van der Waals surface area contributed by atoms with E-state index in [-0.39, 0.29) is 12.4 Å². The third kappa shape index (κ3) is 5.56. The van der Waals surface area contributed by atoms with Gasteiger partial charge in [0, 0.05) is 6.04 Å². The molecule has 4 N–H and O–H groups in total. The second-order valence-corrected chi connectivity index (χ2v) is 2.00.